The molecule has 3 rings (SSSR count). The molecule has 0 radical (unpaired) electrons. The van der Waals surface area contributed by atoms with Crippen LogP contribution >= 0.6 is 27.5 Å². The topological polar surface area (TPSA) is 45.5 Å². The molecule has 0 unspecified atom stereocenters. The van der Waals surface area contributed by atoms with Gasteiger partial charge in [-0.1, -0.05) is 23.7 Å². The van der Waals surface area contributed by atoms with Crippen molar-refractivity contribution in [2.24, 2.45) is 0 Å². The molecule has 0 aliphatic carbocycles. The van der Waals surface area contributed by atoms with Crippen LogP contribution in [-0.4, -0.2) is 29.9 Å². The van der Waals surface area contributed by atoms with Crippen molar-refractivity contribution >= 4 is 33.4 Å². The third-order valence-electron chi connectivity index (χ3n) is 4.04. The Kier molecular flexibility index (Phi) is 5.41. The highest BCUT2D eigenvalue weighted by Gasteiger charge is 2.22. The fraction of sp³-hybridized carbons (Fsp3) is 0.353. The number of hydrogen-bond acceptors (Lipinski definition) is 3. The van der Waals surface area contributed by atoms with Gasteiger partial charge in [-0.15, -0.1) is 0 Å². The van der Waals surface area contributed by atoms with Crippen LogP contribution in [0.1, 0.15) is 29.0 Å². The van der Waals surface area contributed by atoms with Gasteiger partial charge >= 0.3 is 0 Å². The Morgan fingerprint density at radius 2 is 1.91 bits per heavy atom. The van der Waals surface area contributed by atoms with Crippen LogP contribution in [0, 0.1) is 0 Å². The molecule has 23 heavy (non-hydrogen) atoms. The normalized spacial score (nSPS) is 16.4. The van der Waals surface area contributed by atoms with E-state index in [2.05, 4.69) is 38.3 Å². The number of benzene rings is 1. The maximum Gasteiger partial charge on any atom is 0.287 e. The molecule has 0 atom stereocenters. The highest BCUT2D eigenvalue weighted by Crippen LogP contribution is 2.17. The van der Waals surface area contributed by atoms with Gasteiger partial charge < -0.3 is 9.73 Å². The van der Waals surface area contributed by atoms with E-state index in [0.29, 0.717) is 10.4 Å². The number of rotatable bonds is 4. The molecule has 0 saturated carbocycles. The van der Waals surface area contributed by atoms with Crippen molar-refractivity contribution in [3.63, 3.8) is 0 Å². The molecule has 1 aromatic heterocycles. The van der Waals surface area contributed by atoms with E-state index >= 15 is 0 Å². The number of nitrogens with zero attached hydrogens (tertiary/aromatic N) is 1. The number of hydrogen-bond donors (Lipinski definition) is 1. The SMILES string of the molecule is O=C(NC1CCN(Cc2ccc(Cl)cc2)CC1)c1ccc(Br)o1. The number of amides is 1. The third kappa shape index (κ3) is 4.59. The summed E-state index contributed by atoms with van der Waals surface area (Å²) < 4.78 is 5.85. The van der Waals surface area contributed by atoms with Crippen molar-refractivity contribution in [1.29, 1.82) is 0 Å². The maximum atomic E-state index is 12.1. The van der Waals surface area contributed by atoms with E-state index < -0.39 is 0 Å². The van der Waals surface area contributed by atoms with Crippen molar-refractivity contribution in [2.75, 3.05) is 13.1 Å². The number of furan rings is 1. The van der Waals surface area contributed by atoms with Crippen LogP contribution < -0.4 is 5.32 Å². The number of likely N-dealkylation sites (tertiary alicyclic amines) is 1. The molecule has 2 heterocycles. The summed E-state index contributed by atoms with van der Waals surface area (Å²) >= 11 is 9.12. The van der Waals surface area contributed by atoms with Gasteiger partial charge in [0.25, 0.3) is 5.91 Å². The molecule has 1 aliphatic heterocycles. The minimum absolute atomic E-state index is 0.146. The highest BCUT2D eigenvalue weighted by atomic mass is 79.9. The van der Waals surface area contributed by atoms with Crippen molar-refractivity contribution < 1.29 is 9.21 Å². The Morgan fingerprint density at radius 3 is 2.52 bits per heavy atom. The van der Waals surface area contributed by atoms with Crippen LogP contribution in [-0.2, 0) is 6.54 Å². The zero-order valence-electron chi connectivity index (χ0n) is 12.6. The third-order valence-corrected chi connectivity index (χ3v) is 4.72. The Labute approximate surface area is 148 Å². The number of carbonyl (C=O) groups is 1. The molecule has 0 spiro atoms. The smallest absolute Gasteiger partial charge is 0.287 e. The molecule has 1 N–H and O–H groups in total. The second-order valence-corrected chi connectivity index (χ2v) is 6.97. The lowest BCUT2D eigenvalue weighted by atomic mass is 10.0. The van der Waals surface area contributed by atoms with E-state index in [4.69, 9.17) is 16.0 Å². The van der Waals surface area contributed by atoms with E-state index in [0.717, 1.165) is 37.5 Å². The molecule has 122 valence electrons. The largest absolute Gasteiger partial charge is 0.444 e. The molecule has 0 bridgehead atoms. The second kappa shape index (κ2) is 7.51. The molecule has 1 amide bonds. The van der Waals surface area contributed by atoms with Crippen molar-refractivity contribution in [3.8, 4) is 0 Å². The van der Waals surface area contributed by atoms with Crippen molar-refractivity contribution in [1.82, 2.24) is 10.2 Å². The highest BCUT2D eigenvalue weighted by molar-refractivity contribution is 9.10. The minimum atomic E-state index is -0.146. The van der Waals surface area contributed by atoms with Gasteiger partial charge in [-0.05, 0) is 58.6 Å². The lowest BCUT2D eigenvalue weighted by molar-refractivity contribution is 0.0880. The molecule has 1 aliphatic rings. The Balaban J connectivity index is 1.46. The number of halogens is 2. The summed E-state index contributed by atoms with van der Waals surface area (Å²) in [5, 5.41) is 3.81. The fourth-order valence-corrected chi connectivity index (χ4v) is 3.21. The van der Waals surface area contributed by atoms with Gasteiger partial charge in [0.2, 0.25) is 0 Å². The van der Waals surface area contributed by atoms with E-state index in [9.17, 15) is 4.79 Å². The molecule has 2 aromatic rings. The van der Waals surface area contributed by atoms with Crippen LogP contribution in [0.5, 0.6) is 0 Å². The maximum absolute atomic E-state index is 12.1. The number of piperidine rings is 1. The van der Waals surface area contributed by atoms with Gasteiger partial charge in [-0.25, -0.2) is 0 Å². The monoisotopic (exact) mass is 396 g/mol. The standard InChI is InChI=1S/C17H18BrClN2O2/c18-16-6-5-15(23-16)17(22)20-14-7-9-21(10-8-14)11-12-1-3-13(19)4-2-12/h1-6,14H,7-11H2,(H,20,22). The molecule has 1 fully saturated rings. The lowest BCUT2D eigenvalue weighted by Crippen LogP contribution is -2.44. The second-order valence-electron chi connectivity index (χ2n) is 5.75. The summed E-state index contributed by atoms with van der Waals surface area (Å²) in [6.45, 7) is 2.85. The van der Waals surface area contributed by atoms with Crippen LogP contribution in [0.4, 0.5) is 0 Å². The van der Waals surface area contributed by atoms with Gasteiger partial charge in [-0.2, -0.15) is 0 Å². The first-order valence-electron chi connectivity index (χ1n) is 7.63. The van der Waals surface area contributed by atoms with E-state index in [-0.39, 0.29) is 11.9 Å². The van der Waals surface area contributed by atoms with Crippen LogP contribution in [0.15, 0.2) is 45.5 Å². The van der Waals surface area contributed by atoms with Crippen LogP contribution in [0.25, 0.3) is 0 Å². The summed E-state index contributed by atoms with van der Waals surface area (Å²) in [6, 6.07) is 11.6. The summed E-state index contributed by atoms with van der Waals surface area (Å²) in [5.74, 6) is 0.201. The predicted molar refractivity (Wildman–Crippen MR) is 93.6 cm³/mol. The average Bonchev–Trinajstić information content (AvgIpc) is 2.98. The Bertz CT molecular complexity index is 663. The molecular formula is C17H18BrClN2O2. The van der Waals surface area contributed by atoms with Crippen LogP contribution in [0.2, 0.25) is 5.02 Å². The zero-order chi connectivity index (χ0) is 16.2. The van der Waals surface area contributed by atoms with Gasteiger partial charge in [0, 0.05) is 30.7 Å². The Hall–Kier alpha value is -1.30. The van der Waals surface area contributed by atoms with Crippen molar-refractivity contribution in [2.45, 2.75) is 25.4 Å². The fourth-order valence-electron chi connectivity index (χ4n) is 2.78. The number of carbonyl (C=O) groups excluding carboxylic acids is 1. The van der Waals surface area contributed by atoms with Crippen molar-refractivity contribution in [3.05, 3.63) is 57.4 Å². The zero-order valence-corrected chi connectivity index (χ0v) is 14.9. The first-order valence-corrected chi connectivity index (χ1v) is 8.80. The quantitative estimate of drug-likeness (QED) is 0.845. The molecule has 4 nitrogen and oxygen atoms in total. The van der Waals surface area contributed by atoms with E-state index in [1.807, 2.05) is 12.1 Å². The van der Waals surface area contributed by atoms with E-state index in [1.54, 1.807) is 12.1 Å². The number of nitrogens with one attached hydrogen (secondary N) is 1. The average molecular weight is 398 g/mol. The minimum Gasteiger partial charge on any atom is -0.444 e. The lowest BCUT2D eigenvalue weighted by Gasteiger charge is -2.32. The van der Waals surface area contributed by atoms with Gasteiger partial charge in [0.1, 0.15) is 0 Å². The summed E-state index contributed by atoms with van der Waals surface area (Å²) in [5.41, 5.74) is 1.26. The molecular weight excluding hydrogens is 380 g/mol. The molecule has 1 saturated heterocycles. The predicted octanol–water partition coefficient (Wildman–Crippen LogP) is 4.09. The first-order chi connectivity index (χ1) is 11.1. The van der Waals surface area contributed by atoms with Gasteiger partial charge in [0.15, 0.2) is 10.4 Å². The van der Waals surface area contributed by atoms with Gasteiger partial charge in [0.05, 0.1) is 0 Å². The van der Waals surface area contributed by atoms with E-state index in [1.165, 1.54) is 5.56 Å². The molecule has 6 heteroatoms. The summed E-state index contributed by atoms with van der Waals surface area (Å²) in [7, 11) is 0. The molecule has 1 aromatic carbocycles. The Morgan fingerprint density at radius 1 is 1.22 bits per heavy atom. The summed E-state index contributed by atoms with van der Waals surface area (Å²) in [6.07, 6.45) is 1.89. The van der Waals surface area contributed by atoms with Gasteiger partial charge in [-0.3, -0.25) is 9.69 Å². The van der Waals surface area contributed by atoms with Crippen LogP contribution in [0.3, 0.4) is 0 Å². The summed E-state index contributed by atoms with van der Waals surface area (Å²) in [4.78, 5) is 14.5. The first kappa shape index (κ1) is 16.6.